The normalized spacial score (nSPS) is 12.0. The highest BCUT2D eigenvalue weighted by atomic mass is 16.5. The lowest BCUT2D eigenvalue weighted by atomic mass is 10.1. The SMILES string of the molecule is COC(=O)c1ccc(OC[C@@H](O)CN(C)Cc2ccc(C)cc2)cc1. The Morgan fingerprint density at radius 1 is 1.12 bits per heavy atom. The molecule has 0 saturated heterocycles. The van der Waals surface area contributed by atoms with E-state index in [1.807, 2.05) is 7.05 Å². The Morgan fingerprint density at radius 3 is 2.36 bits per heavy atom. The number of aryl methyl sites for hydroxylation is 1. The van der Waals surface area contributed by atoms with E-state index in [0.717, 1.165) is 6.54 Å². The molecule has 5 heteroatoms. The van der Waals surface area contributed by atoms with Gasteiger partial charge >= 0.3 is 5.97 Å². The summed E-state index contributed by atoms with van der Waals surface area (Å²) in [6.45, 7) is 3.53. The van der Waals surface area contributed by atoms with Gasteiger partial charge in [0.1, 0.15) is 18.5 Å². The Bertz CT molecular complexity index is 667. The molecule has 134 valence electrons. The zero-order valence-corrected chi connectivity index (χ0v) is 14.9. The van der Waals surface area contributed by atoms with E-state index in [0.29, 0.717) is 17.9 Å². The number of methoxy groups -OCH3 is 1. The molecule has 1 N–H and O–H groups in total. The van der Waals surface area contributed by atoms with Crippen LogP contribution < -0.4 is 4.74 Å². The molecule has 2 rings (SSSR count). The Balaban J connectivity index is 1.76. The van der Waals surface area contributed by atoms with E-state index >= 15 is 0 Å². The summed E-state index contributed by atoms with van der Waals surface area (Å²) in [6.07, 6.45) is -0.601. The van der Waals surface area contributed by atoms with Gasteiger partial charge in [-0.1, -0.05) is 29.8 Å². The highest BCUT2D eigenvalue weighted by Crippen LogP contribution is 2.13. The van der Waals surface area contributed by atoms with Crippen LogP contribution in [0.3, 0.4) is 0 Å². The molecule has 0 aliphatic carbocycles. The molecule has 1 atom stereocenters. The van der Waals surface area contributed by atoms with Crippen LogP contribution in [0.5, 0.6) is 5.75 Å². The first-order chi connectivity index (χ1) is 12.0. The van der Waals surface area contributed by atoms with E-state index in [4.69, 9.17) is 4.74 Å². The average molecular weight is 343 g/mol. The predicted octanol–water partition coefficient (Wildman–Crippen LogP) is 2.65. The summed E-state index contributed by atoms with van der Waals surface area (Å²) in [6, 6.07) is 15.0. The van der Waals surface area contributed by atoms with Crippen molar-refractivity contribution in [1.82, 2.24) is 4.90 Å². The minimum atomic E-state index is -0.601. The van der Waals surface area contributed by atoms with Crippen molar-refractivity contribution in [1.29, 1.82) is 0 Å². The van der Waals surface area contributed by atoms with Gasteiger partial charge in [-0.15, -0.1) is 0 Å². The molecule has 0 aliphatic rings. The van der Waals surface area contributed by atoms with Gasteiger partial charge in [0.05, 0.1) is 12.7 Å². The minimum absolute atomic E-state index is 0.190. The largest absolute Gasteiger partial charge is 0.491 e. The summed E-state index contributed by atoms with van der Waals surface area (Å²) in [4.78, 5) is 13.4. The number of nitrogens with zero attached hydrogens (tertiary/aromatic N) is 1. The molecule has 0 spiro atoms. The lowest BCUT2D eigenvalue weighted by Crippen LogP contribution is -2.32. The topological polar surface area (TPSA) is 59.0 Å². The van der Waals surface area contributed by atoms with Crippen LogP contribution in [0.4, 0.5) is 0 Å². The number of carbonyl (C=O) groups is 1. The van der Waals surface area contributed by atoms with E-state index in [9.17, 15) is 9.90 Å². The predicted molar refractivity (Wildman–Crippen MR) is 96.8 cm³/mol. The first kappa shape index (κ1) is 19.0. The number of rotatable bonds is 8. The van der Waals surface area contributed by atoms with Crippen molar-refractivity contribution < 1.29 is 19.4 Å². The molecule has 2 aromatic carbocycles. The lowest BCUT2D eigenvalue weighted by Gasteiger charge is -2.21. The zero-order valence-electron chi connectivity index (χ0n) is 14.9. The minimum Gasteiger partial charge on any atom is -0.491 e. The molecule has 0 aliphatic heterocycles. The van der Waals surface area contributed by atoms with Gasteiger partial charge in [0, 0.05) is 13.1 Å². The standard InChI is InChI=1S/C20H25NO4/c1-15-4-6-16(7-5-15)12-21(2)13-18(22)14-25-19-10-8-17(9-11-19)20(23)24-3/h4-11,18,22H,12-14H2,1-3H3/t18-/m0/s1. The molecule has 0 fully saturated rings. The zero-order chi connectivity index (χ0) is 18.2. The van der Waals surface area contributed by atoms with Gasteiger partial charge in [-0.2, -0.15) is 0 Å². The third-order valence-corrected chi connectivity index (χ3v) is 3.81. The summed E-state index contributed by atoms with van der Waals surface area (Å²) >= 11 is 0. The molecule has 25 heavy (non-hydrogen) atoms. The number of aliphatic hydroxyl groups excluding tert-OH is 1. The van der Waals surface area contributed by atoms with E-state index in [-0.39, 0.29) is 12.6 Å². The van der Waals surface area contributed by atoms with Gasteiger partial charge < -0.3 is 14.6 Å². The van der Waals surface area contributed by atoms with Gasteiger partial charge in [0.15, 0.2) is 0 Å². The highest BCUT2D eigenvalue weighted by Gasteiger charge is 2.10. The Morgan fingerprint density at radius 2 is 1.76 bits per heavy atom. The smallest absolute Gasteiger partial charge is 0.337 e. The van der Waals surface area contributed by atoms with E-state index in [1.165, 1.54) is 18.2 Å². The van der Waals surface area contributed by atoms with E-state index in [2.05, 4.69) is 40.8 Å². The average Bonchev–Trinajstić information content (AvgIpc) is 2.61. The van der Waals surface area contributed by atoms with Crippen LogP contribution in [0.1, 0.15) is 21.5 Å². The van der Waals surface area contributed by atoms with Crippen LogP contribution >= 0.6 is 0 Å². The summed E-state index contributed by atoms with van der Waals surface area (Å²) in [7, 11) is 3.31. The maximum absolute atomic E-state index is 11.4. The number of esters is 1. The fourth-order valence-corrected chi connectivity index (χ4v) is 2.48. The number of carbonyl (C=O) groups excluding carboxylic acids is 1. The number of benzene rings is 2. The maximum atomic E-state index is 11.4. The number of hydrogen-bond acceptors (Lipinski definition) is 5. The second kappa shape index (κ2) is 9.20. The molecule has 0 unspecified atom stereocenters. The van der Waals surface area contributed by atoms with Crippen LogP contribution in [0.15, 0.2) is 48.5 Å². The Kier molecular flexibility index (Phi) is 6.98. The van der Waals surface area contributed by atoms with Crippen molar-refractivity contribution >= 4 is 5.97 Å². The van der Waals surface area contributed by atoms with Gasteiger partial charge in [0.2, 0.25) is 0 Å². The third kappa shape index (κ3) is 6.21. The van der Waals surface area contributed by atoms with Crippen molar-refractivity contribution in [2.75, 3.05) is 27.3 Å². The molecular weight excluding hydrogens is 318 g/mol. The van der Waals surface area contributed by atoms with Crippen LogP contribution in [0.25, 0.3) is 0 Å². The van der Waals surface area contributed by atoms with Crippen LogP contribution in [-0.2, 0) is 11.3 Å². The third-order valence-electron chi connectivity index (χ3n) is 3.81. The van der Waals surface area contributed by atoms with Crippen molar-refractivity contribution in [3.8, 4) is 5.75 Å². The second-order valence-electron chi connectivity index (χ2n) is 6.16. The lowest BCUT2D eigenvalue weighted by molar-refractivity contribution is 0.0600. The molecule has 0 aromatic heterocycles. The summed E-state index contributed by atoms with van der Waals surface area (Å²) in [5, 5.41) is 10.1. The summed E-state index contributed by atoms with van der Waals surface area (Å²) < 4.78 is 10.2. The molecule has 0 bridgehead atoms. The summed E-state index contributed by atoms with van der Waals surface area (Å²) in [5.74, 6) is 0.220. The summed E-state index contributed by atoms with van der Waals surface area (Å²) in [5.41, 5.74) is 2.91. The number of ether oxygens (including phenoxy) is 2. The van der Waals surface area contributed by atoms with E-state index in [1.54, 1.807) is 24.3 Å². The molecule has 0 amide bonds. The van der Waals surface area contributed by atoms with Crippen molar-refractivity contribution in [3.63, 3.8) is 0 Å². The molecule has 0 heterocycles. The van der Waals surface area contributed by atoms with Crippen LogP contribution in [-0.4, -0.2) is 49.4 Å². The number of hydrogen-bond donors (Lipinski definition) is 1. The molecular formula is C20H25NO4. The van der Waals surface area contributed by atoms with Crippen LogP contribution in [0, 0.1) is 6.92 Å². The van der Waals surface area contributed by atoms with Crippen LogP contribution in [0.2, 0.25) is 0 Å². The highest BCUT2D eigenvalue weighted by molar-refractivity contribution is 5.89. The van der Waals surface area contributed by atoms with Gasteiger partial charge in [-0.05, 0) is 43.8 Å². The molecule has 0 saturated carbocycles. The van der Waals surface area contributed by atoms with Gasteiger partial charge in [0.25, 0.3) is 0 Å². The first-order valence-electron chi connectivity index (χ1n) is 8.21. The van der Waals surface area contributed by atoms with Gasteiger partial charge in [-0.3, -0.25) is 4.90 Å². The first-order valence-corrected chi connectivity index (χ1v) is 8.21. The van der Waals surface area contributed by atoms with Gasteiger partial charge in [-0.25, -0.2) is 4.79 Å². The van der Waals surface area contributed by atoms with Crippen molar-refractivity contribution in [3.05, 3.63) is 65.2 Å². The number of likely N-dealkylation sites (N-methyl/N-ethyl adjacent to an activating group) is 1. The second-order valence-corrected chi connectivity index (χ2v) is 6.16. The monoisotopic (exact) mass is 343 g/mol. The fraction of sp³-hybridized carbons (Fsp3) is 0.350. The Hall–Kier alpha value is -2.37. The fourth-order valence-electron chi connectivity index (χ4n) is 2.48. The Labute approximate surface area is 148 Å². The molecule has 2 aromatic rings. The molecule has 5 nitrogen and oxygen atoms in total. The van der Waals surface area contributed by atoms with Crippen molar-refractivity contribution in [2.45, 2.75) is 19.6 Å². The maximum Gasteiger partial charge on any atom is 0.337 e. The van der Waals surface area contributed by atoms with Crippen molar-refractivity contribution in [2.24, 2.45) is 0 Å². The molecule has 0 radical (unpaired) electrons. The quantitative estimate of drug-likeness (QED) is 0.747. The number of aliphatic hydroxyl groups is 1. The van der Waals surface area contributed by atoms with E-state index < -0.39 is 6.10 Å².